The zero-order valence-electron chi connectivity index (χ0n) is 16.5. The topological polar surface area (TPSA) is 65.5 Å². The molecule has 1 fully saturated rings. The largest absolute Gasteiger partial charge is 0.345 e. The van der Waals surface area contributed by atoms with Gasteiger partial charge in [0.25, 0.3) is 5.91 Å². The lowest BCUT2D eigenvalue weighted by Crippen LogP contribution is -2.45. The van der Waals surface area contributed by atoms with Crippen LogP contribution in [-0.2, 0) is 0 Å². The molecule has 7 heteroatoms. The number of amides is 1. The fraction of sp³-hybridized carbons (Fsp3) is 0.333. The van der Waals surface area contributed by atoms with Crippen molar-refractivity contribution in [3.05, 3.63) is 48.3 Å². The minimum Gasteiger partial charge on any atom is -0.345 e. The second-order valence-electron chi connectivity index (χ2n) is 7.33. The molecule has 28 heavy (non-hydrogen) atoms. The van der Waals surface area contributed by atoms with E-state index in [2.05, 4.69) is 26.8 Å². The number of benzene rings is 1. The normalized spacial score (nSPS) is 15.0. The number of fused-ring (bicyclic) bond motifs is 1. The van der Waals surface area contributed by atoms with Crippen molar-refractivity contribution in [3.63, 3.8) is 0 Å². The first kappa shape index (κ1) is 18.3. The van der Waals surface area contributed by atoms with Crippen molar-refractivity contribution in [1.29, 1.82) is 0 Å². The Kier molecular flexibility index (Phi) is 4.92. The number of aromatic nitrogens is 3. The third-order valence-corrected chi connectivity index (χ3v) is 5.07. The van der Waals surface area contributed by atoms with Gasteiger partial charge in [-0.1, -0.05) is 18.2 Å². The number of carbonyl (C=O) groups excluding carboxylic acids is 1. The first-order valence-corrected chi connectivity index (χ1v) is 9.40. The van der Waals surface area contributed by atoms with E-state index in [1.165, 1.54) is 0 Å². The Labute approximate surface area is 164 Å². The van der Waals surface area contributed by atoms with Gasteiger partial charge in [0.05, 0.1) is 16.8 Å². The van der Waals surface area contributed by atoms with Crippen molar-refractivity contribution in [2.45, 2.75) is 0 Å². The lowest BCUT2D eigenvalue weighted by atomic mass is 10.0. The highest BCUT2D eigenvalue weighted by atomic mass is 16.2. The molecule has 0 atom stereocenters. The van der Waals surface area contributed by atoms with E-state index in [1.54, 1.807) is 31.4 Å². The molecular weight excluding hydrogens is 352 g/mol. The minimum absolute atomic E-state index is 0.0465. The third-order valence-electron chi connectivity index (χ3n) is 5.07. The zero-order chi connectivity index (χ0) is 19.7. The molecule has 3 heterocycles. The number of carbonyl (C=O) groups is 1. The fourth-order valence-corrected chi connectivity index (χ4v) is 3.36. The summed E-state index contributed by atoms with van der Waals surface area (Å²) in [6, 6.07) is 9.53. The van der Waals surface area contributed by atoms with Crippen LogP contribution in [0.4, 0.5) is 5.95 Å². The zero-order valence-corrected chi connectivity index (χ0v) is 16.5. The number of nitrogens with zero attached hydrogens (tertiary/aromatic N) is 6. The summed E-state index contributed by atoms with van der Waals surface area (Å²) in [4.78, 5) is 32.6. The van der Waals surface area contributed by atoms with E-state index in [-0.39, 0.29) is 5.91 Å². The molecule has 1 amide bonds. The number of rotatable bonds is 3. The van der Waals surface area contributed by atoms with E-state index in [1.807, 2.05) is 30.3 Å². The molecule has 2 aromatic heterocycles. The molecule has 0 unspecified atom stereocenters. The first-order valence-electron chi connectivity index (χ1n) is 9.40. The molecular formula is C21H24N6O. The summed E-state index contributed by atoms with van der Waals surface area (Å²) in [5.74, 6) is 0.692. The Balaban J connectivity index is 1.70. The summed E-state index contributed by atoms with van der Waals surface area (Å²) >= 11 is 0. The standard InChI is InChI=1S/C21H24N6O/c1-25(2)20(28)17-12-19(24-18-7-5-4-6-16(17)18)15-13-22-21(23-14-15)27-10-8-26(3)9-11-27/h4-7,12-14H,8-11H2,1-3H3. The van der Waals surface area contributed by atoms with Gasteiger partial charge in [-0.3, -0.25) is 4.79 Å². The summed E-state index contributed by atoms with van der Waals surface area (Å²) in [6.45, 7) is 3.86. The van der Waals surface area contributed by atoms with Crippen molar-refractivity contribution in [3.8, 4) is 11.3 Å². The van der Waals surface area contributed by atoms with Gasteiger partial charge in [-0.2, -0.15) is 0 Å². The summed E-state index contributed by atoms with van der Waals surface area (Å²) in [5, 5.41) is 0.847. The predicted molar refractivity (Wildman–Crippen MR) is 110 cm³/mol. The Morgan fingerprint density at radius 2 is 1.71 bits per heavy atom. The van der Waals surface area contributed by atoms with Crippen molar-refractivity contribution < 1.29 is 4.79 Å². The lowest BCUT2D eigenvalue weighted by Gasteiger charge is -2.32. The van der Waals surface area contributed by atoms with Gasteiger partial charge in [-0.05, 0) is 19.2 Å². The van der Waals surface area contributed by atoms with Crippen LogP contribution in [-0.4, -0.2) is 78.0 Å². The van der Waals surface area contributed by atoms with Crippen molar-refractivity contribution in [2.75, 3.05) is 52.2 Å². The van der Waals surface area contributed by atoms with Gasteiger partial charge in [0, 0.05) is 63.6 Å². The molecule has 0 bridgehead atoms. The van der Waals surface area contributed by atoms with Crippen LogP contribution in [0.2, 0.25) is 0 Å². The van der Waals surface area contributed by atoms with E-state index < -0.39 is 0 Å². The average molecular weight is 376 g/mol. The molecule has 4 rings (SSSR count). The van der Waals surface area contributed by atoms with E-state index in [4.69, 9.17) is 4.98 Å². The molecule has 1 saturated heterocycles. The lowest BCUT2D eigenvalue weighted by molar-refractivity contribution is 0.0829. The van der Waals surface area contributed by atoms with Crippen LogP contribution in [0.25, 0.3) is 22.2 Å². The molecule has 144 valence electrons. The maximum Gasteiger partial charge on any atom is 0.254 e. The Morgan fingerprint density at radius 3 is 2.39 bits per heavy atom. The molecule has 0 saturated carbocycles. The maximum atomic E-state index is 12.7. The molecule has 0 N–H and O–H groups in total. The summed E-state index contributed by atoms with van der Waals surface area (Å²) in [5.41, 5.74) is 2.92. The molecule has 7 nitrogen and oxygen atoms in total. The van der Waals surface area contributed by atoms with Crippen LogP contribution in [0.3, 0.4) is 0 Å². The molecule has 1 aliphatic heterocycles. The Bertz CT molecular complexity index is 993. The molecule has 1 aromatic carbocycles. The number of anilines is 1. The first-order chi connectivity index (χ1) is 13.5. The SMILES string of the molecule is CN1CCN(c2ncc(-c3cc(C(=O)N(C)C)c4ccccc4n3)cn2)CC1. The number of para-hydroxylation sites is 1. The van der Waals surface area contributed by atoms with Gasteiger partial charge >= 0.3 is 0 Å². The second-order valence-corrected chi connectivity index (χ2v) is 7.33. The number of hydrogen-bond acceptors (Lipinski definition) is 6. The van der Waals surface area contributed by atoms with Gasteiger partial charge in [-0.15, -0.1) is 0 Å². The highest BCUT2D eigenvalue weighted by molar-refractivity contribution is 6.07. The molecule has 3 aromatic rings. The fourth-order valence-electron chi connectivity index (χ4n) is 3.36. The molecule has 0 radical (unpaired) electrons. The van der Waals surface area contributed by atoms with Gasteiger partial charge in [-0.25, -0.2) is 15.0 Å². The van der Waals surface area contributed by atoms with Crippen LogP contribution in [0, 0.1) is 0 Å². The summed E-state index contributed by atoms with van der Waals surface area (Å²) in [6.07, 6.45) is 3.59. The quantitative estimate of drug-likeness (QED) is 0.698. The molecule has 0 aliphatic carbocycles. The van der Waals surface area contributed by atoms with Crippen LogP contribution in [0.1, 0.15) is 10.4 Å². The highest BCUT2D eigenvalue weighted by Crippen LogP contribution is 2.25. The van der Waals surface area contributed by atoms with Crippen molar-refractivity contribution >= 4 is 22.8 Å². The Morgan fingerprint density at radius 1 is 1.04 bits per heavy atom. The monoisotopic (exact) mass is 376 g/mol. The number of piperazine rings is 1. The van der Waals surface area contributed by atoms with Crippen LogP contribution in [0.5, 0.6) is 0 Å². The van der Waals surface area contributed by atoms with E-state index in [0.29, 0.717) is 11.3 Å². The van der Waals surface area contributed by atoms with Crippen LogP contribution in [0.15, 0.2) is 42.7 Å². The third kappa shape index (κ3) is 3.53. The number of likely N-dealkylation sites (N-methyl/N-ethyl adjacent to an activating group) is 1. The minimum atomic E-state index is -0.0465. The summed E-state index contributed by atoms with van der Waals surface area (Å²) in [7, 11) is 5.63. The molecule has 1 aliphatic rings. The second kappa shape index (κ2) is 7.52. The average Bonchev–Trinajstić information content (AvgIpc) is 2.73. The number of pyridine rings is 1. The Hall–Kier alpha value is -3.06. The van der Waals surface area contributed by atoms with E-state index in [0.717, 1.165) is 48.6 Å². The summed E-state index contributed by atoms with van der Waals surface area (Å²) < 4.78 is 0. The van der Waals surface area contributed by atoms with Gasteiger partial charge < -0.3 is 14.7 Å². The number of hydrogen-bond donors (Lipinski definition) is 0. The van der Waals surface area contributed by atoms with Gasteiger partial charge in [0.15, 0.2) is 0 Å². The molecule has 0 spiro atoms. The van der Waals surface area contributed by atoms with Gasteiger partial charge in [0.1, 0.15) is 0 Å². The highest BCUT2D eigenvalue weighted by Gasteiger charge is 2.18. The van der Waals surface area contributed by atoms with Crippen molar-refractivity contribution in [1.82, 2.24) is 24.8 Å². The van der Waals surface area contributed by atoms with Crippen LogP contribution >= 0.6 is 0 Å². The van der Waals surface area contributed by atoms with Gasteiger partial charge in [0.2, 0.25) is 5.95 Å². The van der Waals surface area contributed by atoms with Crippen molar-refractivity contribution in [2.24, 2.45) is 0 Å². The predicted octanol–water partition coefficient (Wildman–Crippen LogP) is 2.15. The smallest absolute Gasteiger partial charge is 0.254 e. The van der Waals surface area contributed by atoms with Crippen LogP contribution < -0.4 is 4.90 Å². The van der Waals surface area contributed by atoms with E-state index in [9.17, 15) is 4.79 Å². The maximum absolute atomic E-state index is 12.7. The van der Waals surface area contributed by atoms with E-state index >= 15 is 0 Å².